The largest absolute Gasteiger partial charge is 0.299 e. The first-order valence-corrected chi connectivity index (χ1v) is 6.28. The van der Waals surface area contributed by atoms with E-state index in [0.29, 0.717) is 11.7 Å². The Morgan fingerprint density at radius 3 is 2.00 bits per heavy atom. The molecule has 0 aliphatic rings. The van der Waals surface area contributed by atoms with Crippen LogP contribution in [0.3, 0.4) is 0 Å². The van der Waals surface area contributed by atoms with E-state index in [0.717, 1.165) is 25.7 Å². The number of carbonyl (C=O) groups is 1. The monoisotopic (exact) mass is 198 g/mol. The van der Waals surface area contributed by atoms with E-state index in [4.69, 9.17) is 0 Å². The molecule has 1 heteroatoms. The fraction of sp³-hybridized carbons (Fsp3) is 0.923. The second kappa shape index (κ2) is 9.23. The van der Waals surface area contributed by atoms with Crippen LogP contribution in [-0.4, -0.2) is 5.78 Å². The Balaban J connectivity index is 3.43. The van der Waals surface area contributed by atoms with E-state index in [2.05, 4.69) is 20.8 Å². The second-order valence-corrected chi connectivity index (χ2v) is 4.14. The van der Waals surface area contributed by atoms with Gasteiger partial charge in [-0.1, -0.05) is 46.5 Å². The first-order chi connectivity index (χ1) is 6.76. The summed E-state index contributed by atoms with van der Waals surface area (Å²) in [7, 11) is 0. The van der Waals surface area contributed by atoms with Gasteiger partial charge in [0.2, 0.25) is 0 Å². The van der Waals surface area contributed by atoms with Gasteiger partial charge in [0.1, 0.15) is 5.78 Å². The molecule has 0 fully saturated rings. The molecule has 0 unspecified atom stereocenters. The van der Waals surface area contributed by atoms with Gasteiger partial charge in [0.25, 0.3) is 0 Å². The molecular formula is C13H26O. The van der Waals surface area contributed by atoms with Gasteiger partial charge in [-0.2, -0.15) is 0 Å². The smallest absolute Gasteiger partial charge is 0.135 e. The molecule has 0 aliphatic heterocycles. The maximum absolute atomic E-state index is 11.6. The van der Waals surface area contributed by atoms with E-state index in [-0.39, 0.29) is 0 Å². The van der Waals surface area contributed by atoms with Crippen molar-refractivity contribution in [2.24, 2.45) is 5.92 Å². The molecule has 1 nitrogen and oxygen atoms in total. The SMILES string of the molecule is CCCCCCCC(=O)C(CC)CC. The van der Waals surface area contributed by atoms with Crippen molar-refractivity contribution in [1.29, 1.82) is 0 Å². The summed E-state index contributed by atoms with van der Waals surface area (Å²) >= 11 is 0. The van der Waals surface area contributed by atoms with Crippen molar-refractivity contribution >= 4 is 5.78 Å². The topological polar surface area (TPSA) is 17.1 Å². The Morgan fingerprint density at radius 2 is 1.50 bits per heavy atom. The zero-order valence-corrected chi connectivity index (χ0v) is 10.1. The summed E-state index contributed by atoms with van der Waals surface area (Å²) in [5.74, 6) is 0.827. The lowest BCUT2D eigenvalue weighted by Gasteiger charge is -2.10. The summed E-state index contributed by atoms with van der Waals surface area (Å²) in [6, 6.07) is 0. The highest BCUT2D eigenvalue weighted by atomic mass is 16.1. The van der Waals surface area contributed by atoms with E-state index >= 15 is 0 Å². The predicted octanol–water partition coefficient (Wildman–Crippen LogP) is 4.35. The predicted molar refractivity (Wildman–Crippen MR) is 62.5 cm³/mol. The summed E-state index contributed by atoms with van der Waals surface area (Å²) in [5, 5.41) is 0. The molecule has 0 spiro atoms. The number of hydrogen-bond acceptors (Lipinski definition) is 1. The number of carbonyl (C=O) groups excluding carboxylic acids is 1. The van der Waals surface area contributed by atoms with E-state index in [1.165, 1.54) is 25.7 Å². The Morgan fingerprint density at radius 1 is 0.929 bits per heavy atom. The van der Waals surface area contributed by atoms with Crippen LogP contribution in [0.1, 0.15) is 72.1 Å². The molecule has 0 bridgehead atoms. The van der Waals surface area contributed by atoms with Crippen LogP contribution in [0.2, 0.25) is 0 Å². The fourth-order valence-electron chi connectivity index (χ4n) is 1.85. The molecule has 0 rings (SSSR count). The van der Waals surface area contributed by atoms with Crippen LogP contribution in [0.15, 0.2) is 0 Å². The maximum Gasteiger partial charge on any atom is 0.135 e. The molecule has 0 saturated heterocycles. The average molecular weight is 198 g/mol. The van der Waals surface area contributed by atoms with E-state index < -0.39 is 0 Å². The van der Waals surface area contributed by atoms with Crippen molar-refractivity contribution in [3.8, 4) is 0 Å². The van der Waals surface area contributed by atoms with Crippen LogP contribution in [0, 0.1) is 5.92 Å². The number of unbranched alkanes of at least 4 members (excludes halogenated alkanes) is 4. The van der Waals surface area contributed by atoms with Crippen molar-refractivity contribution in [3.05, 3.63) is 0 Å². The molecule has 0 saturated carbocycles. The molecule has 0 aromatic heterocycles. The van der Waals surface area contributed by atoms with Gasteiger partial charge in [-0.25, -0.2) is 0 Å². The summed E-state index contributed by atoms with van der Waals surface area (Å²) in [4.78, 5) is 11.6. The van der Waals surface area contributed by atoms with Gasteiger partial charge in [-0.05, 0) is 19.3 Å². The average Bonchev–Trinajstić information content (AvgIpc) is 2.19. The molecule has 0 aliphatic carbocycles. The highest BCUT2D eigenvalue weighted by Gasteiger charge is 2.12. The van der Waals surface area contributed by atoms with Crippen molar-refractivity contribution in [1.82, 2.24) is 0 Å². The highest BCUT2D eigenvalue weighted by molar-refractivity contribution is 5.80. The lowest BCUT2D eigenvalue weighted by Crippen LogP contribution is -2.12. The summed E-state index contributed by atoms with van der Waals surface area (Å²) in [6.45, 7) is 6.45. The van der Waals surface area contributed by atoms with Crippen LogP contribution >= 0.6 is 0 Å². The Labute approximate surface area is 89.3 Å². The van der Waals surface area contributed by atoms with Gasteiger partial charge in [0.05, 0.1) is 0 Å². The minimum atomic E-state index is 0.334. The van der Waals surface area contributed by atoms with Gasteiger partial charge in [0.15, 0.2) is 0 Å². The summed E-state index contributed by atoms with van der Waals surface area (Å²) in [5.41, 5.74) is 0. The van der Waals surface area contributed by atoms with Gasteiger partial charge in [-0.15, -0.1) is 0 Å². The van der Waals surface area contributed by atoms with E-state index in [1.54, 1.807) is 0 Å². The molecule has 0 N–H and O–H groups in total. The summed E-state index contributed by atoms with van der Waals surface area (Å²) in [6.07, 6.45) is 9.09. The molecule has 14 heavy (non-hydrogen) atoms. The minimum Gasteiger partial charge on any atom is -0.299 e. The van der Waals surface area contributed by atoms with Gasteiger partial charge < -0.3 is 0 Å². The Hall–Kier alpha value is -0.330. The molecule has 0 amide bonds. The van der Waals surface area contributed by atoms with Crippen LogP contribution in [0.4, 0.5) is 0 Å². The molecule has 0 aromatic rings. The highest BCUT2D eigenvalue weighted by Crippen LogP contribution is 2.14. The number of rotatable bonds is 9. The van der Waals surface area contributed by atoms with Crippen LogP contribution in [0.5, 0.6) is 0 Å². The molecule has 0 heterocycles. The van der Waals surface area contributed by atoms with Gasteiger partial charge >= 0.3 is 0 Å². The standard InChI is InChI=1S/C13H26O/c1-4-7-8-9-10-11-13(14)12(5-2)6-3/h12H,4-11H2,1-3H3. The van der Waals surface area contributed by atoms with Crippen LogP contribution in [-0.2, 0) is 4.79 Å². The van der Waals surface area contributed by atoms with Crippen molar-refractivity contribution in [2.75, 3.05) is 0 Å². The molecule has 0 aromatic carbocycles. The Kier molecular flexibility index (Phi) is 9.02. The third kappa shape index (κ3) is 6.17. The van der Waals surface area contributed by atoms with Crippen molar-refractivity contribution in [3.63, 3.8) is 0 Å². The summed E-state index contributed by atoms with van der Waals surface area (Å²) < 4.78 is 0. The number of hydrogen-bond donors (Lipinski definition) is 0. The molecule has 0 atom stereocenters. The normalized spacial score (nSPS) is 10.9. The number of ketones is 1. The number of Topliss-reactive ketones (excluding diaryl/α,β-unsaturated/α-hetero) is 1. The lowest BCUT2D eigenvalue weighted by molar-refractivity contribution is -0.123. The van der Waals surface area contributed by atoms with E-state index in [9.17, 15) is 4.79 Å². The Bertz CT molecular complexity index is 136. The minimum absolute atomic E-state index is 0.334. The molecule has 0 radical (unpaired) electrons. The van der Waals surface area contributed by atoms with Crippen LogP contribution < -0.4 is 0 Å². The zero-order valence-electron chi connectivity index (χ0n) is 10.1. The second-order valence-electron chi connectivity index (χ2n) is 4.14. The van der Waals surface area contributed by atoms with Gasteiger partial charge in [-0.3, -0.25) is 4.79 Å². The molecule has 84 valence electrons. The van der Waals surface area contributed by atoms with Crippen molar-refractivity contribution in [2.45, 2.75) is 72.1 Å². The third-order valence-electron chi connectivity index (χ3n) is 2.97. The first-order valence-electron chi connectivity index (χ1n) is 6.28. The molecular weight excluding hydrogens is 172 g/mol. The third-order valence-corrected chi connectivity index (χ3v) is 2.97. The van der Waals surface area contributed by atoms with E-state index in [1.807, 2.05) is 0 Å². The van der Waals surface area contributed by atoms with Crippen molar-refractivity contribution < 1.29 is 4.79 Å². The zero-order chi connectivity index (χ0) is 10.8. The quantitative estimate of drug-likeness (QED) is 0.503. The van der Waals surface area contributed by atoms with Crippen LogP contribution in [0.25, 0.3) is 0 Å². The maximum atomic E-state index is 11.6. The lowest BCUT2D eigenvalue weighted by atomic mass is 9.94. The fourth-order valence-corrected chi connectivity index (χ4v) is 1.85. The van der Waals surface area contributed by atoms with Gasteiger partial charge in [0, 0.05) is 12.3 Å². The first kappa shape index (κ1) is 13.7.